The van der Waals surface area contributed by atoms with Crippen molar-refractivity contribution in [2.24, 2.45) is 5.73 Å². The summed E-state index contributed by atoms with van der Waals surface area (Å²) in [4.78, 5) is 0. The Balaban J connectivity index is 1.92. The first-order valence-electron chi connectivity index (χ1n) is 6.36. The lowest BCUT2D eigenvalue weighted by Gasteiger charge is -2.07. The average molecular weight is 271 g/mol. The number of halogens is 1. The summed E-state index contributed by atoms with van der Waals surface area (Å²) in [6, 6.07) is 14.0. The van der Waals surface area contributed by atoms with E-state index in [1.165, 1.54) is 6.07 Å². The maximum atomic E-state index is 13.5. The van der Waals surface area contributed by atoms with E-state index in [1.807, 2.05) is 24.3 Å². The molecule has 0 amide bonds. The molecule has 0 aliphatic carbocycles. The van der Waals surface area contributed by atoms with Gasteiger partial charge in [0.1, 0.15) is 18.0 Å². The van der Waals surface area contributed by atoms with Gasteiger partial charge < -0.3 is 14.9 Å². The first-order valence-corrected chi connectivity index (χ1v) is 6.36. The summed E-state index contributed by atoms with van der Waals surface area (Å²) in [5.74, 6) is 0.512. The van der Waals surface area contributed by atoms with Gasteiger partial charge in [0, 0.05) is 10.9 Å². The van der Waals surface area contributed by atoms with E-state index >= 15 is 0 Å². The minimum Gasteiger partial charge on any atom is -0.486 e. The van der Waals surface area contributed by atoms with Crippen molar-refractivity contribution in [3.63, 3.8) is 0 Å². The molecule has 20 heavy (non-hydrogen) atoms. The third kappa shape index (κ3) is 2.26. The summed E-state index contributed by atoms with van der Waals surface area (Å²) in [5.41, 5.74) is 7.32. The maximum absolute atomic E-state index is 13.5. The molecule has 0 aliphatic rings. The number of ether oxygens (including phenoxy) is 1. The lowest BCUT2D eigenvalue weighted by atomic mass is 10.1. The fourth-order valence-electron chi connectivity index (χ4n) is 2.18. The van der Waals surface area contributed by atoms with E-state index < -0.39 is 0 Å². The molecule has 0 saturated heterocycles. The van der Waals surface area contributed by atoms with Crippen LogP contribution in [0.15, 0.2) is 52.9 Å². The van der Waals surface area contributed by atoms with Crippen LogP contribution in [-0.2, 0) is 13.2 Å². The van der Waals surface area contributed by atoms with Crippen LogP contribution in [0.3, 0.4) is 0 Å². The van der Waals surface area contributed by atoms with Gasteiger partial charge in [-0.3, -0.25) is 0 Å². The van der Waals surface area contributed by atoms with Crippen molar-refractivity contribution in [2.45, 2.75) is 13.2 Å². The number of benzene rings is 2. The Bertz CT molecular complexity index is 736. The van der Waals surface area contributed by atoms with Gasteiger partial charge in [-0.05, 0) is 18.2 Å². The van der Waals surface area contributed by atoms with Gasteiger partial charge >= 0.3 is 0 Å². The molecule has 0 bridgehead atoms. The summed E-state index contributed by atoms with van der Waals surface area (Å²) in [6.07, 6.45) is 0. The summed E-state index contributed by atoms with van der Waals surface area (Å²) in [5, 5.41) is 0.948. The van der Waals surface area contributed by atoms with Gasteiger partial charge in [0.05, 0.1) is 6.54 Å². The number of hydrogen-bond donors (Lipinski definition) is 1. The van der Waals surface area contributed by atoms with Crippen molar-refractivity contribution in [2.75, 3.05) is 0 Å². The normalized spacial score (nSPS) is 10.9. The van der Waals surface area contributed by atoms with Crippen molar-refractivity contribution in [3.8, 4) is 5.75 Å². The van der Waals surface area contributed by atoms with Crippen molar-refractivity contribution >= 4 is 11.0 Å². The van der Waals surface area contributed by atoms with E-state index in [0.29, 0.717) is 5.76 Å². The molecule has 0 atom stereocenters. The van der Waals surface area contributed by atoms with Crippen molar-refractivity contribution < 1.29 is 13.5 Å². The van der Waals surface area contributed by atoms with Gasteiger partial charge in [0.25, 0.3) is 0 Å². The molecule has 2 aromatic carbocycles. The highest BCUT2D eigenvalue weighted by Gasteiger charge is 2.13. The molecule has 3 rings (SSSR count). The van der Waals surface area contributed by atoms with Crippen LogP contribution in [0.4, 0.5) is 4.39 Å². The van der Waals surface area contributed by atoms with Gasteiger partial charge in [-0.2, -0.15) is 0 Å². The number of fused-ring (bicyclic) bond motifs is 1. The van der Waals surface area contributed by atoms with Crippen molar-refractivity contribution in [3.05, 3.63) is 65.7 Å². The van der Waals surface area contributed by atoms with Crippen LogP contribution < -0.4 is 10.5 Å². The second kappa shape index (κ2) is 5.35. The van der Waals surface area contributed by atoms with Crippen molar-refractivity contribution in [1.82, 2.24) is 0 Å². The molecule has 3 nitrogen and oxygen atoms in total. The third-order valence-corrected chi connectivity index (χ3v) is 3.18. The van der Waals surface area contributed by atoms with E-state index in [4.69, 9.17) is 14.9 Å². The molecule has 4 heteroatoms. The Kier molecular flexibility index (Phi) is 3.39. The number of hydrogen-bond acceptors (Lipinski definition) is 3. The second-order valence-electron chi connectivity index (χ2n) is 4.42. The highest BCUT2D eigenvalue weighted by atomic mass is 19.1. The molecular formula is C16H14FNO2. The predicted molar refractivity (Wildman–Crippen MR) is 74.8 cm³/mol. The molecule has 0 radical (unpaired) electrons. The molecule has 0 saturated carbocycles. The van der Waals surface area contributed by atoms with E-state index in [1.54, 1.807) is 18.2 Å². The first-order chi connectivity index (χ1) is 9.79. The largest absolute Gasteiger partial charge is 0.486 e. The Hall–Kier alpha value is -2.33. The van der Waals surface area contributed by atoms with Crippen LogP contribution >= 0.6 is 0 Å². The first kappa shape index (κ1) is 12.7. The number of rotatable bonds is 4. The van der Waals surface area contributed by atoms with Gasteiger partial charge in [-0.15, -0.1) is 0 Å². The molecular weight excluding hydrogens is 257 g/mol. The quantitative estimate of drug-likeness (QED) is 0.788. The van der Waals surface area contributed by atoms with Gasteiger partial charge in [-0.1, -0.05) is 30.3 Å². The monoisotopic (exact) mass is 271 g/mol. The topological polar surface area (TPSA) is 48.4 Å². The Morgan fingerprint density at radius 2 is 1.80 bits per heavy atom. The minimum atomic E-state index is -0.380. The number of para-hydroxylation sites is 2. The van der Waals surface area contributed by atoms with Gasteiger partial charge in [0.2, 0.25) is 0 Å². The van der Waals surface area contributed by atoms with Gasteiger partial charge in [0.15, 0.2) is 11.6 Å². The summed E-state index contributed by atoms with van der Waals surface area (Å²) >= 11 is 0. The van der Waals surface area contributed by atoms with Crippen LogP contribution in [0.2, 0.25) is 0 Å². The zero-order valence-electron chi connectivity index (χ0n) is 10.8. The number of nitrogens with two attached hydrogens (primary N) is 1. The molecule has 0 spiro atoms. The van der Waals surface area contributed by atoms with Crippen LogP contribution in [0.1, 0.15) is 11.3 Å². The van der Waals surface area contributed by atoms with Crippen LogP contribution in [0, 0.1) is 5.82 Å². The summed E-state index contributed by atoms with van der Waals surface area (Å²) < 4.78 is 24.8. The Labute approximate surface area is 115 Å². The summed E-state index contributed by atoms with van der Waals surface area (Å²) in [6.45, 7) is 0.509. The van der Waals surface area contributed by atoms with Crippen LogP contribution in [0.5, 0.6) is 5.75 Å². The zero-order valence-corrected chi connectivity index (χ0v) is 10.8. The van der Waals surface area contributed by atoms with Gasteiger partial charge in [-0.25, -0.2) is 4.39 Å². The molecule has 3 aromatic rings. The SMILES string of the molecule is NCc1oc2ccccc2c1COc1ccccc1F. The number of furan rings is 1. The fourth-order valence-corrected chi connectivity index (χ4v) is 2.18. The fraction of sp³-hybridized carbons (Fsp3) is 0.125. The molecule has 102 valence electrons. The smallest absolute Gasteiger partial charge is 0.165 e. The molecule has 0 fully saturated rings. The van der Waals surface area contributed by atoms with E-state index in [2.05, 4.69) is 0 Å². The zero-order chi connectivity index (χ0) is 13.9. The maximum Gasteiger partial charge on any atom is 0.165 e. The highest BCUT2D eigenvalue weighted by molar-refractivity contribution is 5.82. The lowest BCUT2D eigenvalue weighted by molar-refractivity contribution is 0.288. The predicted octanol–water partition coefficient (Wildman–Crippen LogP) is 3.61. The molecule has 2 N–H and O–H groups in total. The van der Waals surface area contributed by atoms with Crippen LogP contribution in [0.25, 0.3) is 11.0 Å². The average Bonchev–Trinajstić information content (AvgIpc) is 2.84. The lowest BCUT2D eigenvalue weighted by Crippen LogP contribution is -2.03. The van der Waals surface area contributed by atoms with Crippen molar-refractivity contribution in [1.29, 1.82) is 0 Å². The van der Waals surface area contributed by atoms with E-state index in [-0.39, 0.29) is 24.7 Å². The van der Waals surface area contributed by atoms with Crippen LogP contribution in [-0.4, -0.2) is 0 Å². The Morgan fingerprint density at radius 1 is 1.05 bits per heavy atom. The van der Waals surface area contributed by atoms with E-state index in [9.17, 15) is 4.39 Å². The Morgan fingerprint density at radius 3 is 2.60 bits per heavy atom. The summed E-state index contributed by atoms with van der Waals surface area (Å²) in [7, 11) is 0. The van der Waals surface area contributed by atoms with E-state index in [0.717, 1.165) is 16.5 Å². The second-order valence-corrected chi connectivity index (χ2v) is 4.42. The molecule has 0 aliphatic heterocycles. The minimum absolute atomic E-state index is 0.223. The molecule has 1 heterocycles. The standard InChI is InChI=1S/C16H14FNO2/c17-13-6-2-4-8-15(13)19-10-12-11-5-1-3-7-14(11)20-16(12)9-18/h1-8H,9-10,18H2. The third-order valence-electron chi connectivity index (χ3n) is 3.18. The molecule has 1 aromatic heterocycles. The highest BCUT2D eigenvalue weighted by Crippen LogP contribution is 2.27. The molecule has 0 unspecified atom stereocenters.